The molecule has 2 aliphatic rings. The molecule has 0 saturated carbocycles. The van der Waals surface area contributed by atoms with Gasteiger partial charge in [0.25, 0.3) is 0 Å². The van der Waals surface area contributed by atoms with Crippen LogP contribution in [0.2, 0.25) is 0 Å². The summed E-state index contributed by atoms with van der Waals surface area (Å²) in [7, 11) is 0. The van der Waals surface area contributed by atoms with E-state index in [1.54, 1.807) is 24.3 Å². The van der Waals surface area contributed by atoms with Crippen LogP contribution in [0.3, 0.4) is 0 Å². The van der Waals surface area contributed by atoms with Gasteiger partial charge in [0, 0.05) is 13.1 Å². The smallest absolute Gasteiger partial charge is 0.205 e. The molecule has 30 heavy (non-hydrogen) atoms. The van der Waals surface area contributed by atoms with Crippen LogP contribution in [0.1, 0.15) is 24.0 Å². The maximum Gasteiger partial charge on any atom is 0.205 e. The number of rotatable bonds is 3. The quantitative estimate of drug-likeness (QED) is 0.820. The summed E-state index contributed by atoms with van der Waals surface area (Å²) in [4.78, 5) is 2.22. The van der Waals surface area contributed by atoms with E-state index < -0.39 is 5.92 Å². The zero-order chi connectivity index (χ0) is 21.3. The number of ether oxygens (including phenoxy) is 1. The Kier molecular flexibility index (Phi) is 5.39. The molecule has 0 bridgehead atoms. The van der Waals surface area contributed by atoms with Crippen molar-refractivity contribution in [3.05, 3.63) is 100 Å². The van der Waals surface area contributed by atoms with Crippen LogP contribution in [-0.4, -0.2) is 24.5 Å². The first-order chi connectivity index (χ1) is 14.5. The SMILES string of the molecule is CCN1CC(c2ccc(F)cc2)=CC2=C(C1)C(c1ccc(F)cc1)C(C#N)=C(N)O2. The average Bonchev–Trinajstić information content (AvgIpc) is 2.93. The van der Waals surface area contributed by atoms with Crippen LogP contribution >= 0.6 is 0 Å². The van der Waals surface area contributed by atoms with E-state index in [-0.39, 0.29) is 17.5 Å². The van der Waals surface area contributed by atoms with E-state index in [1.165, 1.54) is 24.3 Å². The zero-order valence-electron chi connectivity index (χ0n) is 16.5. The Hall–Kier alpha value is -3.43. The summed E-state index contributed by atoms with van der Waals surface area (Å²) >= 11 is 0. The number of benzene rings is 2. The Labute approximate surface area is 174 Å². The molecule has 4 rings (SSSR count). The van der Waals surface area contributed by atoms with Crippen molar-refractivity contribution in [1.29, 1.82) is 5.26 Å². The molecule has 0 saturated heterocycles. The molecule has 2 heterocycles. The standard InChI is InChI=1S/C24H21F2N3O/c1-2-29-13-17(15-3-7-18(25)8-4-15)11-22-21(14-29)23(20(12-27)24(28)30-22)16-5-9-19(26)10-6-16/h3-11,23H,2,13-14,28H2,1H3. The first-order valence-electron chi connectivity index (χ1n) is 9.75. The molecule has 0 fully saturated rings. The van der Waals surface area contributed by atoms with Gasteiger partial charge in [0.2, 0.25) is 5.88 Å². The van der Waals surface area contributed by atoms with Crippen molar-refractivity contribution < 1.29 is 13.5 Å². The van der Waals surface area contributed by atoms with Crippen molar-refractivity contribution in [2.24, 2.45) is 5.73 Å². The first-order valence-corrected chi connectivity index (χ1v) is 9.75. The van der Waals surface area contributed by atoms with Crippen molar-refractivity contribution in [2.75, 3.05) is 19.6 Å². The summed E-state index contributed by atoms with van der Waals surface area (Å²) in [5, 5.41) is 9.76. The van der Waals surface area contributed by atoms with Crippen molar-refractivity contribution in [3.8, 4) is 6.07 Å². The predicted octanol–water partition coefficient (Wildman–Crippen LogP) is 4.45. The molecular formula is C24H21F2N3O. The zero-order valence-corrected chi connectivity index (χ0v) is 16.5. The highest BCUT2D eigenvalue weighted by Crippen LogP contribution is 2.41. The van der Waals surface area contributed by atoms with Gasteiger partial charge in [0.1, 0.15) is 29.0 Å². The summed E-state index contributed by atoms with van der Waals surface area (Å²) in [6, 6.07) is 14.6. The minimum Gasteiger partial charge on any atom is -0.440 e. The molecule has 2 aliphatic heterocycles. The number of hydrogen-bond acceptors (Lipinski definition) is 4. The Morgan fingerprint density at radius 3 is 2.30 bits per heavy atom. The van der Waals surface area contributed by atoms with Crippen molar-refractivity contribution in [2.45, 2.75) is 12.8 Å². The summed E-state index contributed by atoms with van der Waals surface area (Å²) < 4.78 is 32.8. The topological polar surface area (TPSA) is 62.3 Å². The van der Waals surface area contributed by atoms with Crippen molar-refractivity contribution >= 4 is 5.57 Å². The molecule has 1 atom stereocenters. The van der Waals surface area contributed by atoms with E-state index >= 15 is 0 Å². The van der Waals surface area contributed by atoms with Gasteiger partial charge in [-0.2, -0.15) is 5.26 Å². The molecular weight excluding hydrogens is 384 g/mol. The fourth-order valence-corrected chi connectivity index (χ4v) is 3.94. The minimum absolute atomic E-state index is 0.0465. The highest BCUT2D eigenvalue weighted by Gasteiger charge is 2.34. The molecule has 2 N–H and O–H groups in total. The van der Waals surface area contributed by atoms with Crippen LogP contribution in [0.5, 0.6) is 0 Å². The predicted molar refractivity (Wildman–Crippen MR) is 111 cm³/mol. The molecule has 4 nitrogen and oxygen atoms in total. The van der Waals surface area contributed by atoms with Gasteiger partial charge in [-0.05, 0) is 59.2 Å². The third-order valence-electron chi connectivity index (χ3n) is 5.52. The normalized spacial score (nSPS) is 19.5. The van der Waals surface area contributed by atoms with E-state index in [0.29, 0.717) is 24.4 Å². The Morgan fingerprint density at radius 2 is 1.70 bits per heavy atom. The lowest BCUT2D eigenvalue weighted by Gasteiger charge is -2.30. The molecule has 152 valence electrons. The number of nitriles is 1. The lowest BCUT2D eigenvalue weighted by Crippen LogP contribution is -2.30. The summed E-state index contributed by atoms with van der Waals surface area (Å²) in [6.45, 7) is 4.02. The second-order valence-electron chi connectivity index (χ2n) is 7.35. The van der Waals surface area contributed by atoms with Crippen LogP contribution in [0.25, 0.3) is 5.57 Å². The number of allylic oxidation sites excluding steroid dienone is 2. The van der Waals surface area contributed by atoms with Crippen molar-refractivity contribution in [3.63, 3.8) is 0 Å². The van der Waals surface area contributed by atoms with E-state index in [2.05, 4.69) is 17.9 Å². The van der Waals surface area contributed by atoms with Gasteiger partial charge in [0.15, 0.2) is 0 Å². The Balaban J connectivity index is 1.86. The number of nitrogens with two attached hydrogens (primary N) is 1. The van der Waals surface area contributed by atoms with E-state index in [4.69, 9.17) is 10.5 Å². The maximum absolute atomic E-state index is 13.5. The Bertz CT molecular complexity index is 1090. The molecule has 0 amide bonds. The molecule has 2 aromatic carbocycles. The number of hydrogen-bond donors (Lipinski definition) is 1. The monoisotopic (exact) mass is 405 g/mol. The molecule has 1 unspecified atom stereocenters. The number of likely N-dealkylation sites (N-methyl/N-ethyl adjacent to an activating group) is 1. The molecule has 0 spiro atoms. The fourth-order valence-electron chi connectivity index (χ4n) is 3.94. The van der Waals surface area contributed by atoms with Gasteiger partial charge in [-0.3, -0.25) is 4.90 Å². The number of nitrogens with zero attached hydrogens (tertiary/aromatic N) is 2. The van der Waals surface area contributed by atoms with Gasteiger partial charge in [-0.1, -0.05) is 31.2 Å². The Morgan fingerprint density at radius 1 is 1.07 bits per heavy atom. The minimum atomic E-state index is -0.419. The van der Waals surface area contributed by atoms with Gasteiger partial charge in [0.05, 0.1) is 5.92 Å². The largest absolute Gasteiger partial charge is 0.440 e. The summed E-state index contributed by atoms with van der Waals surface area (Å²) in [5.41, 5.74) is 9.95. The van der Waals surface area contributed by atoms with Gasteiger partial charge < -0.3 is 10.5 Å². The van der Waals surface area contributed by atoms with E-state index in [9.17, 15) is 14.0 Å². The molecule has 6 heteroatoms. The first kappa shape index (κ1) is 19.9. The van der Waals surface area contributed by atoms with Gasteiger partial charge in [-0.15, -0.1) is 0 Å². The van der Waals surface area contributed by atoms with Crippen LogP contribution < -0.4 is 5.73 Å². The third kappa shape index (κ3) is 3.72. The highest BCUT2D eigenvalue weighted by atomic mass is 19.1. The van der Waals surface area contributed by atoms with Gasteiger partial charge >= 0.3 is 0 Å². The lowest BCUT2D eigenvalue weighted by molar-refractivity contribution is 0.281. The van der Waals surface area contributed by atoms with Crippen LogP contribution in [0.15, 0.2) is 77.4 Å². The number of halogens is 2. The fraction of sp³-hybridized carbons (Fsp3) is 0.208. The van der Waals surface area contributed by atoms with Gasteiger partial charge in [-0.25, -0.2) is 8.78 Å². The average molecular weight is 405 g/mol. The molecule has 0 radical (unpaired) electrons. The third-order valence-corrected chi connectivity index (χ3v) is 5.52. The van der Waals surface area contributed by atoms with Crippen LogP contribution in [0, 0.1) is 23.0 Å². The van der Waals surface area contributed by atoms with Crippen LogP contribution in [-0.2, 0) is 4.74 Å². The van der Waals surface area contributed by atoms with E-state index in [1.807, 2.05) is 6.08 Å². The summed E-state index contributed by atoms with van der Waals surface area (Å²) in [6.07, 6.45) is 1.91. The molecule has 2 aromatic rings. The van der Waals surface area contributed by atoms with Crippen molar-refractivity contribution in [1.82, 2.24) is 4.90 Å². The summed E-state index contributed by atoms with van der Waals surface area (Å²) in [5.74, 6) is -0.431. The lowest BCUT2D eigenvalue weighted by atomic mass is 9.82. The van der Waals surface area contributed by atoms with E-state index in [0.717, 1.165) is 28.8 Å². The second-order valence-corrected chi connectivity index (χ2v) is 7.35. The van der Waals surface area contributed by atoms with Crippen LogP contribution in [0.4, 0.5) is 8.78 Å². The molecule has 0 aliphatic carbocycles. The highest BCUT2D eigenvalue weighted by molar-refractivity contribution is 5.71. The maximum atomic E-state index is 13.5. The second kappa shape index (κ2) is 8.13. The molecule has 0 aromatic heterocycles.